The molecule has 190 valence electrons. The predicted octanol–water partition coefficient (Wildman–Crippen LogP) is 7.16. The average Bonchev–Trinajstić information content (AvgIpc) is 2.97. The fourth-order valence-electron chi connectivity index (χ4n) is 5.46. The van der Waals surface area contributed by atoms with Gasteiger partial charge in [-0.25, -0.2) is 4.79 Å². The number of aromatic carboxylic acids is 1. The number of hydrogen-bond acceptors (Lipinski definition) is 6. The Morgan fingerprint density at radius 2 is 1.78 bits per heavy atom. The van der Waals surface area contributed by atoms with E-state index in [1.165, 1.54) is 24.9 Å². The van der Waals surface area contributed by atoms with Crippen LogP contribution in [0.2, 0.25) is 5.02 Å². The summed E-state index contributed by atoms with van der Waals surface area (Å²) in [6, 6.07) is 14.8. The molecule has 36 heavy (non-hydrogen) atoms. The molecule has 7 nitrogen and oxygen atoms in total. The molecule has 1 aromatic heterocycles. The third-order valence-electron chi connectivity index (χ3n) is 7.43. The van der Waals surface area contributed by atoms with Crippen molar-refractivity contribution in [3.63, 3.8) is 0 Å². The van der Waals surface area contributed by atoms with Crippen molar-refractivity contribution in [2.75, 3.05) is 18.5 Å². The second-order valence-electron chi connectivity index (χ2n) is 9.54. The van der Waals surface area contributed by atoms with Crippen molar-refractivity contribution in [2.24, 2.45) is 5.92 Å². The minimum atomic E-state index is -3.37. The number of halogens is 1. The summed E-state index contributed by atoms with van der Waals surface area (Å²) in [4.78, 5) is 18.1. The Morgan fingerprint density at radius 3 is 2.47 bits per heavy atom. The lowest BCUT2D eigenvalue weighted by atomic mass is 9.83. The largest absolute Gasteiger partial charge is 0.478 e. The number of aromatic nitrogens is 1. The highest BCUT2D eigenvalue weighted by Crippen LogP contribution is 2.60. The van der Waals surface area contributed by atoms with Gasteiger partial charge in [-0.3, -0.25) is 14.1 Å². The van der Waals surface area contributed by atoms with Crippen molar-refractivity contribution in [3.05, 3.63) is 71.5 Å². The summed E-state index contributed by atoms with van der Waals surface area (Å²) in [6.45, 7) is 0.597. The first-order chi connectivity index (χ1) is 17.3. The lowest BCUT2D eigenvalue weighted by Crippen LogP contribution is -2.45. The highest BCUT2D eigenvalue weighted by molar-refractivity contribution is 8.22. The van der Waals surface area contributed by atoms with Crippen molar-refractivity contribution < 1.29 is 19.0 Å². The van der Waals surface area contributed by atoms with Crippen LogP contribution >= 0.6 is 22.4 Å². The van der Waals surface area contributed by atoms with Crippen LogP contribution in [0.4, 0.5) is 11.4 Å². The summed E-state index contributed by atoms with van der Waals surface area (Å²) in [6.07, 6.45) is 8.44. The summed E-state index contributed by atoms with van der Waals surface area (Å²) in [5.41, 5.74) is 2.62. The van der Waals surface area contributed by atoms with Crippen LogP contribution in [0.1, 0.15) is 42.5 Å². The third kappa shape index (κ3) is 4.60. The minimum absolute atomic E-state index is 0.0329. The van der Waals surface area contributed by atoms with Gasteiger partial charge in [-0.15, -0.1) is 10.8 Å². The number of rotatable bonds is 4. The van der Waals surface area contributed by atoms with E-state index in [0.29, 0.717) is 39.2 Å². The number of hydrogen-bond donors (Lipinski definition) is 3. The van der Waals surface area contributed by atoms with E-state index in [1.807, 2.05) is 30.3 Å². The number of carboxylic acid groups (broad SMARTS) is 1. The van der Waals surface area contributed by atoms with E-state index in [1.54, 1.807) is 23.5 Å². The zero-order valence-corrected chi connectivity index (χ0v) is 21.6. The Labute approximate surface area is 217 Å². The smallest absolute Gasteiger partial charge is 0.337 e. The second kappa shape index (κ2) is 10.0. The van der Waals surface area contributed by atoms with Crippen LogP contribution in [0, 0.1) is 5.92 Å². The Bertz CT molecular complexity index is 1270. The number of fused-ring (bicyclic) bond motifs is 1. The normalized spacial score (nSPS) is 21.4. The standard InChI is InChI=1S/C27H30ClN3O4S/c1-30-25(18-8-4-2-5-9-18)17-31(21-10-6-3-7-11-21)24-14-23(28)22(13-26(24)36(30,34)35)19-12-20(27(32)33)16-29-15-19/h3,6-7,10-16,18,25,34-35H,2,4-5,8-9,17H2,1H3,(H,32,33). The molecule has 1 unspecified atom stereocenters. The number of nitrogens with zero attached hydrogens (tertiary/aromatic N) is 3. The summed E-state index contributed by atoms with van der Waals surface area (Å²) in [5, 5.41) is 9.81. The highest BCUT2D eigenvalue weighted by atomic mass is 35.5. The maximum absolute atomic E-state index is 11.7. The number of likely N-dealkylation sites (N-methyl/N-ethyl adjacent to an activating group) is 1. The lowest BCUT2D eigenvalue weighted by Gasteiger charge is -2.46. The molecule has 1 aliphatic heterocycles. The van der Waals surface area contributed by atoms with Crippen LogP contribution < -0.4 is 4.90 Å². The Kier molecular flexibility index (Phi) is 6.98. The van der Waals surface area contributed by atoms with Gasteiger partial charge in [-0.05, 0) is 49.1 Å². The van der Waals surface area contributed by atoms with Crippen LogP contribution in [0.5, 0.6) is 0 Å². The van der Waals surface area contributed by atoms with E-state index in [0.717, 1.165) is 31.4 Å². The number of anilines is 2. The molecule has 2 aromatic carbocycles. The second-order valence-corrected chi connectivity index (χ2v) is 12.0. The highest BCUT2D eigenvalue weighted by Gasteiger charge is 2.41. The number of pyridine rings is 1. The van der Waals surface area contributed by atoms with Crippen LogP contribution in [0.15, 0.2) is 65.8 Å². The maximum Gasteiger partial charge on any atom is 0.337 e. The van der Waals surface area contributed by atoms with E-state index >= 15 is 0 Å². The van der Waals surface area contributed by atoms with Crippen molar-refractivity contribution in [2.45, 2.75) is 43.0 Å². The fraction of sp³-hybridized carbons (Fsp3) is 0.333. The van der Waals surface area contributed by atoms with E-state index in [2.05, 4.69) is 9.88 Å². The molecule has 2 aliphatic rings. The van der Waals surface area contributed by atoms with Crippen LogP contribution in [0.25, 0.3) is 11.1 Å². The number of para-hydroxylation sites is 1. The summed E-state index contributed by atoms with van der Waals surface area (Å²) in [7, 11) is -1.57. The molecule has 0 saturated heterocycles. The van der Waals surface area contributed by atoms with Crippen molar-refractivity contribution >= 4 is 39.7 Å². The molecule has 5 rings (SSSR count). The molecule has 3 aromatic rings. The fourth-order valence-corrected chi connectivity index (χ4v) is 7.38. The van der Waals surface area contributed by atoms with Crippen LogP contribution in [-0.4, -0.2) is 49.1 Å². The Balaban J connectivity index is 1.69. The molecule has 0 radical (unpaired) electrons. The van der Waals surface area contributed by atoms with Gasteiger partial charge >= 0.3 is 5.97 Å². The molecule has 1 aliphatic carbocycles. The van der Waals surface area contributed by atoms with Gasteiger partial charge in [0.25, 0.3) is 0 Å². The molecule has 0 bridgehead atoms. The molecule has 0 spiro atoms. The van der Waals surface area contributed by atoms with Gasteiger partial charge in [0.05, 0.1) is 21.2 Å². The first-order valence-electron chi connectivity index (χ1n) is 12.1. The number of carbonyl (C=O) groups is 1. The first-order valence-corrected chi connectivity index (χ1v) is 14.0. The van der Waals surface area contributed by atoms with E-state index in [-0.39, 0.29) is 11.6 Å². The molecular formula is C27H30ClN3O4S. The summed E-state index contributed by atoms with van der Waals surface area (Å²) >= 11 is 6.78. The van der Waals surface area contributed by atoms with E-state index in [4.69, 9.17) is 11.6 Å². The average molecular weight is 528 g/mol. The van der Waals surface area contributed by atoms with Gasteiger partial charge in [0.15, 0.2) is 0 Å². The molecule has 1 saturated carbocycles. The minimum Gasteiger partial charge on any atom is -0.478 e. The third-order valence-corrected chi connectivity index (χ3v) is 9.73. The number of benzene rings is 2. The van der Waals surface area contributed by atoms with Crippen molar-refractivity contribution in [3.8, 4) is 11.1 Å². The summed E-state index contributed by atoms with van der Waals surface area (Å²) < 4.78 is 25.2. The molecule has 1 atom stereocenters. The van der Waals surface area contributed by atoms with Crippen LogP contribution in [-0.2, 0) is 0 Å². The van der Waals surface area contributed by atoms with Gasteiger partial charge in [-0.1, -0.05) is 49.1 Å². The molecule has 2 heterocycles. The zero-order valence-electron chi connectivity index (χ0n) is 20.0. The van der Waals surface area contributed by atoms with Crippen molar-refractivity contribution in [1.82, 2.24) is 9.29 Å². The summed E-state index contributed by atoms with van der Waals surface area (Å²) in [5.74, 6) is -0.744. The molecule has 3 N–H and O–H groups in total. The van der Waals surface area contributed by atoms with Gasteiger partial charge in [-0.2, -0.15) is 4.31 Å². The van der Waals surface area contributed by atoms with Gasteiger partial charge < -0.3 is 10.0 Å². The maximum atomic E-state index is 11.7. The van der Waals surface area contributed by atoms with Gasteiger partial charge in [0.2, 0.25) is 0 Å². The predicted molar refractivity (Wildman–Crippen MR) is 144 cm³/mol. The zero-order chi connectivity index (χ0) is 25.4. The Morgan fingerprint density at radius 1 is 1.06 bits per heavy atom. The lowest BCUT2D eigenvalue weighted by molar-refractivity contribution is 0.0696. The van der Waals surface area contributed by atoms with Gasteiger partial charge in [0.1, 0.15) is 0 Å². The molecular weight excluding hydrogens is 498 g/mol. The quantitative estimate of drug-likeness (QED) is 0.331. The SMILES string of the molecule is CN1C(C2CCCCC2)CN(c2ccccc2)c2cc(Cl)c(-c3cncc(C(=O)O)c3)cc2S1(O)O. The molecule has 1 fully saturated rings. The van der Waals surface area contributed by atoms with Gasteiger partial charge in [0, 0.05) is 48.8 Å². The topological polar surface area (TPSA) is 97.1 Å². The monoisotopic (exact) mass is 527 g/mol. The molecule has 0 amide bonds. The molecule has 9 heteroatoms. The number of carboxylic acids is 1. The van der Waals surface area contributed by atoms with E-state index in [9.17, 15) is 19.0 Å². The Hall–Kier alpha value is -2.62. The van der Waals surface area contributed by atoms with E-state index < -0.39 is 16.7 Å². The van der Waals surface area contributed by atoms with Crippen LogP contribution in [0.3, 0.4) is 0 Å². The van der Waals surface area contributed by atoms with Crippen molar-refractivity contribution in [1.29, 1.82) is 0 Å². The first kappa shape index (κ1) is 25.0.